The van der Waals surface area contributed by atoms with Gasteiger partial charge >= 0.3 is 5.97 Å². The molecule has 1 aromatic carbocycles. The number of nitriles is 1. The average Bonchev–Trinajstić information content (AvgIpc) is 3.15. The lowest BCUT2D eigenvalue weighted by molar-refractivity contribution is -0.135. The van der Waals surface area contributed by atoms with Crippen LogP contribution in [-0.4, -0.2) is 69.0 Å². The minimum absolute atomic E-state index is 0.0597. The second-order valence-corrected chi connectivity index (χ2v) is 10.7. The SMILES string of the molecule is C=CCOC(=O)/C(C#N)=c1\s/c(=C/Nc2cccc(S(=O)(=O)N(C)CCN(C)C)c2)c(=O)n1CC. The van der Waals surface area contributed by atoms with Crippen LogP contribution in [0.25, 0.3) is 11.8 Å². The highest BCUT2D eigenvalue weighted by Gasteiger charge is 2.21. The zero-order chi connectivity index (χ0) is 26.2. The predicted octanol–water partition coefficient (Wildman–Crippen LogP) is 0.365. The van der Waals surface area contributed by atoms with E-state index in [9.17, 15) is 23.3 Å². The molecule has 1 heterocycles. The second kappa shape index (κ2) is 12.5. The molecule has 0 bridgehead atoms. The quantitative estimate of drug-likeness (QED) is 0.333. The molecule has 0 fully saturated rings. The number of carbonyl (C=O) groups excluding carboxylic acids is 1. The number of anilines is 1. The summed E-state index contributed by atoms with van der Waals surface area (Å²) in [6, 6.07) is 8.07. The third-order valence-corrected chi connectivity index (χ3v) is 7.84. The Hall–Kier alpha value is -3.24. The van der Waals surface area contributed by atoms with Crippen LogP contribution in [0.2, 0.25) is 0 Å². The summed E-state index contributed by atoms with van der Waals surface area (Å²) in [5.74, 6) is -0.841. The molecule has 0 aliphatic heterocycles. The molecule has 0 spiro atoms. The van der Waals surface area contributed by atoms with Crippen LogP contribution < -0.4 is 20.1 Å². The lowest BCUT2D eigenvalue weighted by atomic mass is 10.3. The molecule has 0 atom stereocenters. The van der Waals surface area contributed by atoms with Crippen LogP contribution in [0, 0.1) is 11.3 Å². The number of carbonyl (C=O) groups is 1. The van der Waals surface area contributed by atoms with Crippen molar-refractivity contribution in [3.05, 3.63) is 56.5 Å². The summed E-state index contributed by atoms with van der Waals surface area (Å²) in [6.07, 6.45) is 2.81. The van der Waals surface area contributed by atoms with Crippen molar-refractivity contribution in [2.24, 2.45) is 0 Å². The smallest absolute Gasteiger partial charge is 0.352 e. The van der Waals surface area contributed by atoms with Gasteiger partial charge in [0.15, 0.2) is 5.57 Å². The lowest BCUT2D eigenvalue weighted by Crippen LogP contribution is -2.33. The van der Waals surface area contributed by atoms with Crippen molar-refractivity contribution in [2.75, 3.05) is 46.2 Å². The molecule has 0 unspecified atom stereocenters. The molecule has 10 nitrogen and oxygen atoms in total. The van der Waals surface area contributed by atoms with Crippen LogP contribution in [0.15, 0.2) is 46.6 Å². The molecule has 1 N–H and O–H groups in total. The highest BCUT2D eigenvalue weighted by atomic mass is 32.2. The zero-order valence-electron chi connectivity index (χ0n) is 20.1. The first kappa shape index (κ1) is 28.0. The van der Waals surface area contributed by atoms with Crippen molar-refractivity contribution in [2.45, 2.75) is 18.4 Å². The topological polar surface area (TPSA) is 125 Å². The summed E-state index contributed by atoms with van der Waals surface area (Å²) in [4.78, 5) is 27.1. The normalized spacial score (nSPS) is 13.0. The Balaban J connectivity index is 2.44. The van der Waals surface area contributed by atoms with E-state index in [0.717, 1.165) is 11.3 Å². The van der Waals surface area contributed by atoms with E-state index in [0.29, 0.717) is 18.8 Å². The monoisotopic (exact) mass is 519 g/mol. The zero-order valence-corrected chi connectivity index (χ0v) is 21.8. The van der Waals surface area contributed by atoms with Gasteiger partial charge in [0.1, 0.15) is 21.9 Å². The van der Waals surface area contributed by atoms with Gasteiger partial charge in [-0.2, -0.15) is 9.57 Å². The molecule has 0 radical (unpaired) electrons. The van der Waals surface area contributed by atoms with E-state index in [1.54, 1.807) is 19.1 Å². The summed E-state index contributed by atoms with van der Waals surface area (Å²) in [5.41, 5.74) is -0.208. The molecule has 12 heteroatoms. The van der Waals surface area contributed by atoms with Gasteiger partial charge in [-0.1, -0.05) is 18.7 Å². The molecular weight excluding hydrogens is 490 g/mol. The van der Waals surface area contributed by atoms with Crippen LogP contribution in [0.5, 0.6) is 0 Å². The maximum atomic E-state index is 12.9. The molecule has 35 heavy (non-hydrogen) atoms. The van der Waals surface area contributed by atoms with Crippen molar-refractivity contribution in [1.82, 2.24) is 13.8 Å². The number of rotatable bonds is 11. The fraction of sp³-hybridized carbons (Fsp3) is 0.348. The summed E-state index contributed by atoms with van der Waals surface area (Å²) >= 11 is 0.963. The number of sulfonamides is 1. The number of benzene rings is 1. The highest BCUT2D eigenvalue weighted by Crippen LogP contribution is 2.18. The van der Waals surface area contributed by atoms with Gasteiger partial charge in [0.05, 0.1) is 4.90 Å². The van der Waals surface area contributed by atoms with Gasteiger partial charge in [-0.15, -0.1) is 11.3 Å². The van der Waals surface area contributed by atoms with Gasteiger partial charge in [-0.25, -0.2) is 13.2 Å². The average molecular weight is 520 g/mol. The molecule has 0 amide bonds. The van der Waals surface area contributed by atoms with Gasteiger partial charge in [-0.3, -0.25) is 9.36 Å². The number of thiazole rings is 1. The van der Waals surface area contributed by atoms with Crippen molar-refractivity contribution in [3.63, 3.8) is 0 Å². The van der Waals surface area contributed by atoms with Crippen LogP contribution in [0.1, 0.15) is 6.92 Å². The standard InChI is InChI=1S/C23H29N5O5S2/c1-6-13-33-23(30)19(15-24)22-28(7-2)21(29)20(34-22)16-25-17-9-8-10-18(14-17)35(31,32)27(5)12-11-26(3)4/h6,8-10,14,16,25H,1,7,11-13H2,2-5H3/b20-16+,22-19-. The van der Waals surface area contributed by atoms with E-state index in [-0.39, 0.29) is 32.8 Å². The largest absolute Gasteiger partial charge is 0.457 e. The second-order valence-electron chi connectivity index (χ2n) is 7.64. The summed E-state index contributed by atoms with van der Waals surface area (Å²) in [5, 5.41) is 12.4. The lowest BCUT2D eigenvalue weighted by Gasteiger charge is -2.19. The van der Waals surface area contributed by atoms with Crippen molar-refractivity contribution >= 4 is 44.8 Å². The number of hydrogen-bond donors (Lipinski definition) is 1. The Morgan fingerprint density at radius 2 is 2.03 bits per heavy atom. The molecule has 2 rings (SSSR count). The van der Waals surface area contributed by atoms with Crippen LogP contribution >= 0.6 is 11.3 Å². The van der Waals surface area contributed by atoms with Crippen LogP contribution in [0.3, 0.4) is 0 Å². The number of nitrogens with one attached hydrogen (secondary N) is 1. The summed E-state index contributed by atoms with van der Waals surface area (Å²) < 4.78 is 33.8. The first-order valence-corrected chi connectivity index (χ1v) is 12.9. The van der Waals surface area contributed by atoms with E-state index in [2.05, 4.69) is 11.9 Å². The van der Waals surface area contributed by atoms with Crippen LogP contribution in [0.4, 0.5) is 5.69 Å². The van der Waals surface area contributed by atoms with Gasteiger partial charge in [0, 0.05) is 38.6 Å². The first-order valence-electron chi connectivity index (χ1n) is 10.7. The fourth-order valence-corrected chi connectivity index (χ4v) is 5.20. The number of esters is 1. The van der Waals surface area contributed by atoms with Crippen molar-refractivity contribution < 1.29 is 17.9 Å². The Morgan fingerprint density at radius 1 is 1.31 bits per heavy atom. The molecule has 188 valence electrons. The Morgan fingerprint density at radius 3 is 2.63 bits per heavy atom. The summed E-state index contributed by atoms with van der Waals surface area (Å²) in [6.45, 7) is 6.28. The Bertz CT molecular complexity index is 1400. The van der Waals surface area contributed by atoms with Gasteiger partial charge in [0.2, 0.25) is 10.0 Å². The maximum absolute atomic E-state index is 12.9. The third kappa shape index (κ3) is 6.89. The fourth-order valence-electron chi connectivity index (χ4n) is 2.92. The molecule has 0 aliphatic carbocycles. The molecule has 0 aliphatic rings. The molecule has 0 saturated heterocycles. The van der Waals surface area contributed by atoms with E-state index in [1.807, 2.05) is 25.1 Å². The molecule has 1 aromatic heterocycles. The predicted molar refractivity (Wildman–Crippen MR) is 137 cm³/mol. The number of aromatic nitrogens is 1. The maximum Gasteiger partial charge on any atom is 0.352 e. The van der Waals surface area contributed by atoms with Gasteiger partial charge in [-0.05, 0) is 39.2 Å². The van der Waals surface area contributed by atoms with E-state index >= 15 is 0 Å². The van der Waals surface area contributed by atoms with E-state index < -0.39 is 21.6 Å². The van der Waals surface area contributed by atoms with Crippen molar-refractivity contribution in [1.29, 1.82) is 5.26 Å². The Kier molecular flexibility index (Phi) is 9.97. The molecular formula is C23H29N5O5S2. The highest BCUT2D eigenvalue weighted by molar-refractivity contribution is 7.89. The van der Waals surface area contributed by atoms with Gasteiger partial charge < -0.3 is 15.0 Å². The molecule has 0 saturated carbocycles. The van der Waals surface area contributed by atoms with Crippen LogP contribution in [-0.2, 0) is 26.1 Å². The number of ether oxygens (including phenoxy) is 1. The van der Waals surface area contributed by atoms with E-state index in [4.69, 9.17) is 4.74 Å². The Labute approximate surface area is 208 Å². The van der Waals surface area contributed by atoms with Gasteiger partial charge in [0.25, 0.3) is 5.56 Å². The number of hydrogen-bond acceptors (Lipinski definition) is 9. The minimum atomic E-state index is -3.69. The molecule has 2 aromatic rings. The minimum Gasteiger partial charge on any atom is -0.457 e. The van der Waals surface area contributed by atoms with Crippen molar-refractivity contribution in [3.8, 4) is 6.07 Å². The first-order chi connectivity index (χ1) is 16.6. The third-order valence-electron chi connectivity index (χ3n) is 4.86. The summed E-state index contributed by atoms with van der Waals surface area (Å²) in [7, 11) is 1.56. The number of likely N-dealkylation sites (N-methyl/N-ethyl adjacent to an activating group) is 2. The number of nitrogens with zero attached hydrogens (tertiary/aromatic N) is 4. The van der Waals surface area contributed by atoms with E-state index in [1.165, 1.54) is 40.3 Å².